The van der Waals surface area contributed by atoms with Crippen molar-refractivity contribution < 1.29 is 4.74 Å². The van der Waals surface area contributed by atoms with Gasteiger partial charge in [0.05, 0.1) is 16.3 Å². The molecule has 0 aromatic heterocycles. The van der Waals surface area contributed by atoms with E-state index in [0.29, 0.717) is 27.8 Å². The van der Waals surface area contributed by atoms with E-state index in [1.165, 1.54) is 0 Å². The molecule has 18 heavy (non-hydrogen) atoms. The van der Waals surface area contributed by atoms with Gasteiger partial charge in [0.25, 0.3) is 0 Å². The van der Waals surface area contributed by atoms with E-state index in [2.05, 4.69) is 0 Å². The second-order valence-corrected chi connectivity index (χ2v) is 4.30. The van der Waals surface area contributed by atoms with Crippen LogP contribution in [0.5, 0.6) is 11.5 Å². The van der Waals surface area contributed by atoms with Crippen LogP contribution in [0.2, 0.25) is 5.02 Å². The van der Waals surface area contributed by atoms with Crippen LogP contribution in [0.4, 0.5) is 5.69 Å². The lowest BCUT2D eigenvalue weighted by atomic mass is 10.2. The van der Waals surface area contributed by atoms with Gasteiger partial charge >= 0.3 is 0 Å². The Morgan fingerprint density at radius 2 is 2.00 bits per heavy atom. The van der Waals surface area contributed by atoms with E-state index in [9.17, 15) is 0 Å². The minimum atomic E-state index is 0.387. The van der Waals surface area contributed by atoms with Crippen molar-refractivity contribution in [3.63, 3.8) is 0 Å². The highest BCUT2D eigenvalue weighted by atomic mass is 35.5. The van der Waals surface area contributed by atoms with Crippen molar-refractivity contribution in [3.8, 4) is 17.6 Å². The third-order valence-electron chi connectivity index (χ3n) is 2.46. The van der Waals surface area contributed by atoms with Gasteiger partial charge in [0, 0.05) is 6.07 Å². The Labute approximate surface area is 110 Å². The lowest BCUT2D eigenvalue weighted by Crippen LogP contribution is -1.92. The van der Waals surface area contributed by atoms with E-state index in [1.807, 2.05) is 25.1 Å². The SMILES string of the molecule is Cc1ccc(Oc2ccc(C#N)c(N)c2)c(Cl)c1. The van der Waals surface area contributed by atoms with Gasteiger partial charge in [-0.1, -0.05) is 17.7 Å². The Morgan fingerprint density at radius 3 is 2.61 bits per heavy atom. The highest BCUT2D eigenvalue weighted by Crippen LogP contribution is 2.31. The summed E-state index contributed by atoms with van der Waals surface area (Å²) in [6.45, 7) is 1.95. The lowest BCUT2D eigenvalue weighted by Gasteiger charge is -2.09. The van der Waals surface area contributed by atoms with Gasteiger partial charge in [0.2, 0.25) is 0 Å². The molecular formula is C14H11ClN2O. The van der Waals surface area contributed by atoms with E-state index >= 15 is 0 Å². The summed E-state index contributed by atoms with van der Waals surface area (Å²) in [6.07, 6.45) is 0. The largest absolute Gasteiger partial charge is 0.456 e. The van der Waals surface area contributed by atoms with Crippen molar-refractivity contribution in [2.75, 3.05) is 5.73 Å². The monoisotopic (exact) mass is 258 g/mol. The van der Waals surface area contributed by atoms with Crippen LogP contribution >= 0.6 is 11.6 Å². The Kier molecular flexibility index (Phi) is 3.40. The van der Waals surface area contributed by atoms with E-state index in [-0.39, 0.29) is 0 Å². The summed E-state index contributed by atoms with van der Waals surface area (Å²) >= 11 is 6.07. The maximum Gasteiger partial charge on any atom is 0.146 e. The Morgan fingerprint density at radius 1 is 1.22 bits per heavy atom. The van der Waals surface area contributed by atoms with Gasteiger partial charge in [0.1, 0.15) is 17.6 Å². The fourth-order valence-corrected chi connectivity index (χ4v) is 1.80. The van der Waals surface area contributed by atoms with Gasteiger partial charge in [-0.05, 0) is 36.8 Å². The summed E-state index contributed by atoms with van der Waals surface area (Å²) in [5.74, 6) is 1.11. The second kappa shape index (κ2) is 4.99. The standard InChI is InChI=1S/C14H11ClN2O/c1-9-2-5-14(12(15)6-9)18-11-4-3-10(8-16)13(17)7-11/h2-7H,17H2,1H3. The molecule has 0 aliphatic heterocycles. The molecule has 0 amide bonds. The molecule has 0 spiro atoms. The summed E-state index contributed by atoms with van der Waals surface area (Å²) in [6, 6.07) is 12.4. The number of hydrogen-bond acceptors (Lipinski definition) is 3. The lowest BCUT2D eigenvalue weighted by molar-refractivity contribution is 0.483. The molecular weight excluding hydrogens is 248 g/mol. The van der Waals surface area contributed by atoms with Crippen molar-refractivity contribution in [3.05, 3.63) is 52.5 Å². The molecule has 0 saturated heterocycles. The molecule has 2 N–H and O–H groups in total. The second-order valence-electron chi connectivity index (χ2n) is 3.90. The number of hydrogen-bond donors (Lipinski definition) is 1. The summed E-state index contributed by atoms with van der Waals surface area (Å²) in [5, 5.41) is 9.32. The fourth-order valence-electron chi connectivity index (χ4n) is 1.52. The van der Waals surface area contributed by atoms with E-state index < -0.39 is 0 Å². The zero-order valence-corrected chi connectivity index (χ0v) is 10.5. The minimum Gasteiger partial charge on any atom is -0.456 e. The smallest absolute Gasteiger partial charge is 0.146 e. The van der Waals surface area contributed by atoms with Crippen molar-refractivity contribution in [1.82, 2.24) is 0 Å². The van der Waals surface area contributed by atoms with Crippen molar-refractivity contribution in [1.29, 1.82) is 5.26 Å². The normalized spacial score (nSPS) is 9.83. The molecule has 0 aliphatic carbocycles. The third kappa shape index (κ3) is 2.55. The molecule has 0 radical (unpaired) electrons. The molecule has 0 unspecified atom stereocenters. The summed E-state index contributed by atoms with van der Waals surface area (Å²) in [5.41, 5.74) is 7.59. The first kappa shape index (κ1) is 12.3. The van der Waals surface area contributed by atoms with Gasteiger partial charge in [-0.15, -0.1) is 0 Å². The number of rotatable bonds is 2. The van der Waals surface area contributed by atoms with Crippen LogP contribution in [0.15, 0.2) is 36.4 Å². The van der Waals surface area contributed by atoms with Crippen LogP contribution in [-0.4, -0.2) is 0 Å². The van der Waals surface area contributed by atoms with Crippen LogP contribution in [-0.2, 0) is 0 Å². The Balaban J connectivity index is 2.29. The van der Waals surface area contributed by atoms with Gasteiger partial charge < -0.3 is 10.5 Å². The zero-order chi connectivity index (χ0) is 13.1. The highest BCUT2D eigenvalue weighted by molar-refractivity contribution is 6.32. The topological polar surface area (TPSA) is 59.0 Å². The third-order valence-corrected chi connectivity index (χ3v) is 2.75. The maximum absolute atomic E-state index is 8.78. The molecule has 4 heteroatoms. The van der Waals surface area contributed by atoms with Crippen LogP contribution < -0.4 is 10.5 Å². The van der Waals surface area contributed by atoms with E-state index in [4.69, 9.17) is 27.3 Å². The van der Waals surface area contributed by atoms with Crippen molar-refractivity contribution in [2.45, 2.75) is 6.92 Å². The van der Waals surface area contributed by atoms with Crippen LogP contribution in [0.1, 0.15) is 11.1 Å². The number of benzene rings is 2. The van der Waals surface area contributed by atoms with Crippen LogP contribution in [0.3, 0.4) is 0 Å². The average molecular weight is 259 g/mol. The number of ether oxygens (including phenoxy) is 1. The van der Waals surface area contributed by atoms with Crippen LogP contribution in [0.25, 0.3) is 0 Å². The number of halogens is 1. The Bertz CT molecular complexity index is 632. The zero-order valence-electron chi connectivity index (χ0n) is 9.77. The number of anilines is 1. The van der Waals surface area contributed by atoms with E-state index in [1.54, 1.807) is 24.3 Å². The summed E-state index contributed by atoms with van der Waals surface area (Å²) in [4.78, 5) is 0. The molecule has 0 aliphatic rings. The molecule has 0 saturated carbocycles. The predicted molar refractivity (Wildman–Crippen MR) is 71.8 cm³/mol. The van der Waals surface area contributed by atoms with Crippen molar-refractivity contribution >= 4 is 17.3 Å². The molecule has 0 fully saturated rings. The number of nitrogens with two attached hydrogens (primary N) is 1. The van der Waals surface area contributed by atoms with Gasteiger partial charge in [-0.3, -0.25) is 0 Å². The number of nitrogen functional groups attached to an aromatic ring is 1. The summed E-state index contributed by atoms with van der Waals surface area (Å²) in [7, 11) is 0. The van der Waals surface area contributed by atoms with Gasteiger partial charge in [-0.25, -0.2) is 0 Å². The quantitative estimate of drug-likeness (QED) is 0.831. The van der Waals surface area contributed by atoms with Crippen molar-refractivity contribution in [2.24, 2.45) is 0 Å². The molecule has 0 bridgehead atoms. The average Bonchev–Trinajstić information content (AvgIpc) is 2.33. The summed E-state index contributed by atoms with van der Waals surface area (Å²) < 4.78 is 5.62. The molecule has 2 aromatic rings. The molecule has 0 heterocycles. The van der Waals surface area contributed by atoms with Crippen LogP contribution in [0, 0.1) is 18.3 Å². The molecule has 90 valence electrons. The molecule has 2 rings (SSSR count). The fraction of sp³-hybridized carbons (Fsp3) is 0.0714. The molecule has 0 atom stereocenters. The number of nitriles is 1. The van der Waals surface area contributed by atoms with Gasteiger partial charge in [0.15, 0.2) is 0 Å². The first-order valence-electron chi connectivity index (χ1n) is 5.34. The highest BCUT2D eigenvalue weighted by Gasteiger charge is 2.05. The number of nitrogens with zero attached hydrogens (tertiary/aromatic N) is 1. The first-order chi connectivity index (χ1) is 8.60. The van der Waals surface area contributed by atoms with Gasteiger partial charge in [-0.2, -0.15) is 5.26 Å². The first-order valence-corrected chi connectivity index (χ1v) is 5.71. The molecule has 3 nitrogen and oxygen atoms in total. The predicted octanol–water partition coefficient (Wildman–Crippen LogP) is 3.89. The number of aryl methyl sites for hydroxylation is 1. The Hall–Kier alpha value is -2.18. The minimum absolute atomic E-state index is 0.387. The van der Waals surface area contributed by atoms with E-state index in [0.717, 1.165) is 5.56 Å². The maximum atomic E-state index is 8.78. The molecule has 2 aromatic carbocycles.